The molecule has 3 rings (SSSR count). The van der Waals surface area contributed by atoms with E-state index in [1.165, 1.54) is 18.4 Å². The number of rotatable bonds is 4. The van der Waals surface area contributed by atoms with Crippen LogP contribution in [0.3, 0.4) is 0 Å². The maximum atomic E-state index is 5.21. The first kappa shape index (κ1) is 12.3. The summed E-state index contributed by atoms with van der Waals surface area (Å²) in [6.45, 7) is 2.15. The summed E-state index contributed by atoms with van der Waals surface area (Å²) in [7, 11) is 0. The predicted molar refractivity (Wildman–Crippen MR) is 78.2 cm³/mol. The summed E-state index contributed by atoms with van der Waals surface area (Å²) >= 11 is 5.21. The van der Waals surface area contributed by atoms with Crippen molar-refractivity contribution in [2.75, 3.05) is 0 Å². The summed E-state index contributed by atoms with van der Waals surface area (Å²) in [5.41, 5.74) is 2.40. The first-order chi connectivity index (χ1) is 9.28. The quantitative estimate of drug-likeness (QED) is 0.686. The van der Waals surface area contributed by atoms with Gasteiger partial charge in [-0.1, -0.05) is 31.2 Å². The Labute approximate surface area is 117 Å². The Hall–Kier alpha value is -1.75. The maximum absolute atomic E-state index is 5.21. The van der Waals surface area contributed by atoms with Crippen LogP contribution in [0.4, 0.5) is 0 Å². The zero-order valence-corrected chi connectivity index (χ0v) is 11.7. The highest BCUT2D eigenvalue weighted by Gasteiger charge is 2.29. The van der Waals surface area contributed by atoms with Crippen molar-refractivity contribution in [2.24, 2.45) is 5.10 Å². The summed E-state index contributed by atoms with van der Waals surface area (Å²) in [6, 6.07) is 8.39. The minimum absolute atomic E-state index is 0.521. The van der Waals surface area contributed by atoms with Gasteiger partial charge in [-0.2, -0.15) is 14.9 Å². The van der Waals surface area contributed by atoms with Crippen LogP contribution in [0.25, 0.3) is 0 Å². The van der Waals surface area contributed by atoms with Crippen molar-refractivity contribution >= 4 is 18.4 Å². The molecule has 0 atom stereocenters. The molecule has 0 amide bonds. The smallest absolute Gasteiger partial charge is 0.216 e. The topological polar surface area (TPSA) is 46.0 Å². The first-order valence-corrected chi connectivity index (χ1v) is 6.99. The molecule has 2 aromatic rings. The SMILES string of the molecule is CCc1ccc(/C=N\n2c(C3CC3)n[nH]c2=S)cc1. The van der Waals surface area contributed by atoms with Gasteiger partial charge in [-0.05, 0) is 42.6 Å². The fourth-order valence-corrected chi connectivity index (χ4v) is 2.17. The monoisotopic (exact) mass is 272 g/mol. The van der Waals surface area contributed by atoms with Crippen LogP contribution in [0.15, 0.2) is 29.4 Å². The molecule has 0 spiro atoms. The molecule has 5 heteroatoms. The van der Waals surface area contributed by atoms with Gasteiger partial charge >= 0.3 is 0 Å². The summed E-state index contributed by atoms with van der Waals surface area (Å²) in [5, 5.41) is 11.5. The minimum atomic E-state index is 0.521. The molecule has 0 bridgehead atoms. The number of nitrogens with zero attached hydrogens (tertiary/aromatic N) is 3. The lowest BCUT2D eigenvalue weighted by atomic mass is 10.1. The van der Waals surface area contributed by atoms with Crippen molar-refractivity contribution in [3.05, 3.63) is 46.0 Å². The summed E-state index contributed by atoms with van der Waals surface area (Å²) in [6.07, 6.45) is 5.24. The number of benzene rings is 1. The van der Waals surface area contributed by atoms with Crippen molar-refractivity contribution in [3.63, 3.8) is 0 Å². The van der Waals surface area contributed by atoms with Crippen molar-refractivity contribution < 1.29 is 0 Å². The second-order valence-corrected chi connectivity index (χ2v) is 5.20. The third kappa shape index (κ3) is 2.66. The Morgan fingerprint density at radius 1 is 1.42 bits per heavy atom. The number of aryl methyl sites for hydroxylation is 1. The van der Waals surface area contributed by atoms with E-state index in [1.807, 2.05) is 6.21 Å². The molecule has 0 unspecified atom stereocenters. The van der Waals surface area contributed by atoms with E-state index in [0.29, 0.717) is 10.7 Å². The lowest BCUT2D eigenvalue weighted by Gasteiger charge is -1.99. The van der Waals surface area contributed by atoms with E-state index in [2.05, 4.69) is 46.5 Å². The van der Waals surface area contributed by atoms with Crippen LogP contribution in [0.2, 0.25) is 0 Å². The molecule has 19 heavy (non-hydrogen) atoms. The summed E-state index contributed by atoms with van der Waals surface area (Å²) in [5.74, 6) is 1.47. The van der Waals surface area contributed by atoms with Gasteiger partial charge in [0.1, 0.15) is 0 Å². The van der Waals surface area contributed by atoms with Crippen molar-refractivity contribution in [2.45, 2.75) is 32.1 Å². The van der Waals surface area contributed by atoms with Crippen LogP contribution in [-0.4, -0.2) is 21.1 Å². The lowest BCUT2D eigenvalue weighted by molar-refractivity contribution is 0.773. The number of H-pyrrole nitrogens is 1. The van der Waals surface area contributed by atoms with Crippen LogP contribution in [-0.2, 0) is 6.42 Å². The van der Waals surface area contributed by atoms with Crippen LogP contribution < -0.4 is 0 Å². The number of hydrogen-bond acceptors (Lipinski definition) is 3. The zero-order valence-electron chi connectivity index (χ0n) is 10.8. The van der Waals surface area contributed by atoms with E-state index in [9.17, 15) is 0 Å². The molecule has 0 radical (unpaired) electrons. The van der Waals surface area contributed by atoms with Gasteiger partial charge in [0.05, 0.1) is 6.21 Å². The van der Waals surface area contributed by atoms with Gasteiger partial charge < -0.3 is 0 Å². The Morgan fingerprint density at radius 2 is 2.16 bits per heavy atom. The largest absolute Gasteiger partial charge is 0.250 e. The highest BCUT2D eigenvalue weighted by atomic mass is 32.1. The van der Waals surface area contributed by atoms with Gasteiger partial charge in [-0.25, -0.2) is 0 Å². The summed E-state index contributed by atoms with van der Waals surface area (Å²) in [4.78, 5) is 0. The van der Waals surface area contributed by atoms with Crippen molar-refractivity contribution in [1.29, 1.82) is 0 Å². The normalized spacial score (nSPS) is 15.2. The van der Waals surface area contributed by atoms with E-state index in [-0.39, 0.29) is 0 Å². The average molecular weight is 272 g/mol. The average Bonchev–Trinajstić information content (AvgIpc) is 3.22. The second-order valence-electron chi connectivity index (χ2n) is 4.81. The van der Waals surface area contributed by atoms with E-state index in [1.54, 1.807) is 4.68 Å². The first-order valence-electron chi connectivity index (χ1n) is 6.58. The molecular weight excluding hydrogens is 256 g/mol. The molecule has 1 heterocycles. The number of aromatic amines is 1. The molecule has 98 valence electrons. The third-order valence-corrected chi connectivity index (χ3v) is 3.59. The van der Waals surface area contributed by atoms with Crippen molar-refractivity contribution in [3.8, 4) is 0 Å². The molecule has 0 aliphatic heterocycles. The Kier molecular flexibility index (Phi) is 3.29. The molecule has 1 aromatic heterocycles. The van der Waals surface area contributed by atoms with Crippen LogP contribution in [0.1, 0.15) is 42.6 Å². The Morgan fingerprint density at radius 3 is 2.79 bits per heavy atom. The van der Waals surface area contributed by atoms with E-state index in [0.717, 1.165) is 17.8 Å². The van der Waals surface area contributed by atoms with Gasteiger partial charge in [0.15, 0.2) is 5.82 Å². The van der Waals surface area contributed by atoms with Crippen LogP contribution in [0.5, 0.6) is 0 Å². The fourth-order valence-electron chi connectivity index (χ4n) is 1.99. The lowest BCUT2D eigenvalue weighted by Crippen LogP contribution is -1.97. The maximum Gasteiger partial charge on any atom is 0.216 e. The van der Waals surface area contributed by atoms with Gasteiger partial charge in [-0.15, -0.1) is 0 Å². The Bertz CT molecular complexity index is 647. The molecule has 1 aromatic carbocycles. The highest BCUT2D eigenvalue weighted by Crippen LogP contribution is 2.38. The van der Waals surface area contributed by atoms with E-state index < -0.39 is 0 Å². The molecule has 1 saturated carbocycles. The van der Waals surface area contributed by atoms with Gasteiger partial charge in [0.25, 0.3) is 0 Å². The standard InChI is InChI=1S/C14H16N4S/c1-2-10-3-5-11(6-4-10)9-15-18-13(12-7-8-12)16-17-14(18)19/h3-6,9,12H,2,7-8H2,1H3,(H,17,19)/b15-9-. The zero-order chi connectivity index (χ0) is 13.2. The van der Waals surface area contributed by atoms with Crippen LogP contribution in [0, 0.1) is 4.77 Å². The van der Waals surface area contributed by atoms with Gasteiger partial charge in [0, 0.05) is 5.92 Å². The predicted octanol–water partition coefficient (Wildman–Crippen LogP) is 3.26. The molecule has 0 saturated heterocycles. The van der Waals surface area contributed by atoms with E-state index in [4.69, 9.17) is 12.2 Å². The van der Waals surface area contributed by atoms with Crippen LogP contribution >= 0.6 is 12.2 Å². The van der Waals surface area contributed by atoms with Crippen molar-refractivity contribution in [1.82, 2.24) is 14.9 Å². The highest BCUT2D eigenvalue weighted by molar-refractivity contribution is 7.71. The molecule has 4 nitrogen and oxygen atoms in total. The number of nitrogens with one attached hydrogen (secondary N) is 1. The number of hydrogen-bond donors (Lipinski definition) is 1. The molecule has 1 fully saturated rings. The molecule has 1 aliphatic carbocycles. The third-order valence-electron chi connectivity index (χ3n) is 3.33. The van der Waals surface area contributed by atoms with Gasteiger partial charge in [-0.3, -0.25) is 5.10 Å². The molecule has 1 N–H and O–H groups in total. The second kappa shape index (κ2) is 5.09. The van der Waals surface area contributed by atoms with E-state index >= 15 is 0 Å². The Balaban J connectivity index is 1.85. The van der Waals surface area contributed by atoms with Gasteiger partial charge in [0.2, 0.25) is 4.77 Å². The molecular formula is C14H16N4S. The minimum Gasteiger partial charge on any atom is -0.250 e. The summed E-state index contributed by atoms with van der Waals surface area (Å²) < 4.78 is 2.30. The number of aromatic nitrogens is 3. The molecule has 1 aliphatic rings. The fraction of sp³-hybridized carbons (Fsp3) is 0.357.